The van der Waals surface area contributed by atoms with Crippen LogP contribution in [0.5, 0.6) is 0 Å². The number of anilines is 2. The van der Waals surface area contributed by atoms with Crippen LogP contribution in [0.15, 0.2) is 65.7 Å². The minimum absolute atomic E-state index is 0.0332. The highest BCUT2D eigenvalue weighted by Gasteiger charge is 2.26. The SMILES string of the molecule is CSc1[nH]c(Nc2nc(-c3ccccc3)n(-c3ccccc3)n2)c(C(N)=O)c1C(N)=O. The summed E-state index contributed by atoms with van der Waals surface area (Å²) in [5.41, 5.74) is 12.7. The summed E-state index contributed by atoms with van der Waals surface area (Å²) < 4.78 is 1.69. The first-order valence-corrected chi connectivity index (χ1v) is 10.5. The highest BCUT2D eigenvalue weighted by molar-refractivity contribution is 7.98. The maximum absolute atomic E-state index is 12.1. The lowest BCUT2D eigenvalue weighted by atomic mass is 10.1. The zero-order chi connectivity index (χ0) is 22.0. The molecule has 156 valence electrons. The number of hydrogen-bond acceptors (Lipinski definition) is 6. The maximum atomic E-state index is 12.1. The second kappa shape index (κ2) is 8.36. The summed E-state index contributed by atoms with van der Waals surface area (Å²) in [4.78, 5) is 31.6. The summed E-state index contributed by atoms with van der Waals surface area (Å²) in [5, 5.41) is 7.97. The Morgan fingerprint density at radius 3 is 2.16 bits per heavy atom. The van der Waals surface area contributed by atoms with Gasteiger partial charge in [-0.15, -0.1) is 16.9 Å². The quantitative estimate of drug-likeness (QED) is 0.330. The fourth-order valence-corrected chi connectivity index (χ4v) is 3.82. The molecule has 2 heterocycles. The molecule has 0 atom stereocenters. The average Bonchev–Trinajstić information content (AvgIpc) is 3.37. The topological polar surface area (TPSA) is 145 Å². The van der Waals surface area contributed by atoms with E-state index in [9.17, 15) is 9.59 Å². The lowest BCUT2D eigenvalue weighted by molar-refractivity contribution is 0.0967. The number of H-pyrrole nitrogens is 1. The molecule has 0 aliphatic heterocycles. The standard InChI is InChI=1S/C21H19N7O2S/c1-31-20-15(17(23)30)14(16(22)29)18(24-20)25-21-26-19(12-8-4-2-5-9-12)28(27-21)13-10-6-3-7-11-13/h2-11,24H,1H3,(H2,22,29)(H2,23,30)(H,25,27). The summed E-state index contributed by atoms with van der Waals surface area (Å²) in [7, 11) is 0. The number of aromatic amines is 1. The van der Waals surface area contributed by atoms with E-state index in [2.05, 4.69) is 20.4 Å². The van der Waals surface area contributed by atoms with Crippen LogP contribution >= 0.6 is 11.8 Å². The van der Waals surface area contributed by atoms with Crippen molar-refractivity contribution in [3.8, 4) is 17.1 Å². The second-order valence-corrected chi connectivity index (χ2v) is 7.33. The first kappa shape index (κ1) is 20.2. The first-order valence-electron chi connectivity index (χ1n) is 9.24. The van der Waals surface area contributed by atoms with Gasteiger partial charge in [0.2, 0.25) is 5.95 Å². The Kier molecular flexibility index (Phi) is 5.46. The van der Waals surface area contributed by atoms with Crippen LogP contribution in [0.1, 0.15) is 20.7 Å². The molecule has 0 aliphatic rings. The van der Waals surface area contributed by atoms with Crippen molar-refractivity contribution < 1.29 is 9.59 Å². The van der Waals surface area contributed by atoms with Crippen LogP contribution in [0.3, 0.4) is 0 Å². The molecule has 0 saturated carbocycles. The molecular weight excluding hydrogens is 414 g/mol. The monoisotopic (exact) mass is 433 g/mol. The third-order valence-electron chi connectivity index (χ3n) is 4.54. The van der Waals surface area contributed by atoms with Crippen molar-refractivity contribution in [3.63, 3.8) is 0 Å². The summed E-state index contributed by atoms with van der Waals surface area (Å²) >= 11 is 1.24. The third kappa shape index (κ3) is 3.88. The number of rotatable bonds is 7. The van der Waals surface area contributed by atoms with Crippen LogP contribution in [0.4, 0.5) is 11.8 Å². The van der Waals surface area contributed by atoms with Crippen molar-refractivity contribution in [2.24, 2.45) is 11.5 Å². The van der Waals surface area contributed by atoms with E-state index in [0.717, 1.165) is 11.3 Å². The van der Waals surface area contributed by atoms with E-state index in [0.29, 0.717) is 10.9 Å². The molecule has 10 heteroatoms. The van der Waals surface area contributed by atoms with Crippen LogP contribution in [0.2, 0.25) is 0 Å². The van der Waals surface area contributed by atoms with E-state index in [1.807, 2.05) is 60.7 Å². The van der Waals surface area contributed by atoms with Gasteiger partial charge in [0.25, 0.3) is 11.8 Å². The van der Waals surface area contributed by atoms with Gasteiger partial charge in [-0.3, -0.25) is 9.59 Å². The Labute approximate surface area is 181 Å². The van der Waals surface area contributed by atoms with Gasteiger partial charge in [-0.1, -0.05) is 48.5 Å². The molecule has 0 saturated heterocycles. The number of primary amides is 2. The minimum Gasteiger partial charge on any atom is -0.365 e. The minimum atomic E-state index is -0.793. The molecule has 0 spiro atoms. The predicted octanol–water partition coefficient (Wildman–Crippen LogP) is 2.93. The number of para-hydroxylation sites is 1. The fraction of sp³-hybridized carbons (Fsp3) is 0.0476. The summed E-state index contributed by atoms with van der Waals surface area (Å²) in [6.07, 6.45) is 1.75. The Morgan fingerprint density at radius 2 is 1.58 bits per heavy atom. The van der Waals surface area contributed by atoms with E-state index < -0.39 is 11.8 Å². The van der Waals surface area contributed by atoms with Crippen molar-refractivity contribution in [3.05, 3.63) is 71.8 Å². The normalized spacial score (nSPS) is 10.7. The molecule has 0 fully saturated rings. The fourth-order valence-electron chi connectivity index (χ4n) is 3.21. The molecule has 4 rings (SSSR count). The molecule has 4 aromatic rings. The highest BCUT2D eigenvalue weighted by atomic mass is 32.2. The number of carbonyl (C=O) groups is 2. The number of benzene rings is 2. The molecule has 0 radical (unpaired) electrons. The second-order valence-electron chi connectivity index (χ2n) is 6.51. The maximum Gasteiger partial charge on any atom is 0.253 e. The van der Waals surface area contributed by atoms with Crippen LogP contribution in [-0.4, -0.2) is 37.8 Å². The van der Waals surface area contributed by atoms with Gasteiger partial charge in [-0.25, -0.2) is 4.68 Å². The lowest BCUT2D eigenvalue weighted by Crippen LogP contribution is -2.20. The number of nitrogens with one attached hydrogen (secondary N) is 2. The van der Waals surface area contributed by atoms with Crippen LogP contribution < -0.4 is 16.8 Å². The number of thioether (sulfide) groups is 1. The van der Waals surface area contributed by atoms with Crippen LogP contribution in [0.25, 0.3) is 17.1 Å². The smallest absolute Gasteiger partial charge is 0.253 e. The molecular formula is C21H19N7O2S. The largest absolute Gasteiger partial charge is 0.365 e. The molecule has 2 aromatic carbocycles. The first-order chi connectivity index (χ1) is 15.0. The molecule has 2 aromatic heterocycles. The number of hydrogen-bond donors (Lipinski definition) is 4. The Balaban J connectivity index is 1.83. The molecule has 2 amide bonds. The van der Waals surface area contributed by atoms with Crippen molar-refractivity contribution in [2.45, 2.75) is 5.03 Å². The average molecular weight is 433 g/mol. The molecule has 0 bridgehead atoms. The third-order valence-corrected chi connectivity index (χ3v) is 5.25. The Morgan fingerprint density at radius 1 is 0.968 bits per heavy atom. The van der Waals surface area contributed by atoms with Crippen molar-refractivity contribution in [1.82, 2.24) is 19.7 Å². The molecule has 9 nitrogen and oxygen atoms in total. The molecule has 0 unspecified atom stereocenters. The van der Waals surface area contributed by atoms with Crippen molar-refractivity contribution in [1.29, 1.82) is 0 Å². The molecule has 31 heavy (non-hydrogen) atoms. The van der Waals surface area contributed by atoms with Crippen molar-refractivity contribution in [2.75, 3.05) is 11.6 Å². The van der Waals surface area contributed by atoms with Gasteiger partial charge in [0.15, 0.2) is 5.82 Å². The van der Waals surface area contributed by atoms with Crippen LogP contribution in [0, 0.1) is 0 Å². The number of nitrogens with two attached hydrogens (primary N) is 2. The van der Waals surface area contributed by atoms with Gasteiger partial charge in [0.05, 0.1) is 21.8 Å². The van der Waals surface area contributed by atoms with Gasteiger partial charge in [0, 0.05) is 5.56 Å². The van der Waals surface area contributed by atoms with E-state index in [1.165, 1.54) is 11.8 Å². The zero-order valence-electron chi connectivity index (χ0n) is 16.5. The van der Waals surface area contributed by atoms with Gasteiger partial charge >= 0.3 is 0 Å². The number of aromatic nitrogens is 4. The van der Waals surface area contributed by atoms with Gasteiger partial charge in [-0.2, -0.15) is 4.98 Å². The van der Waals surface area contributed by atoms with Gasteiger partial charge in [-0.05, 0) is 18.4 Å². The van der Waals surface area contributed by atoms with Crippen LogP contribution in [-0.2, 0) is 0 Å². The van der Waals surface area contributed by atoms with E-state index in [4.69, 9.17) is 11.5 Å². The van der Waals surface area contributed by atoms with Gasteiger partial charge < -0.3 is 21.8 Å². The molecule has 6 N–H and O–H groups in total. The Bertz CT molecular complexity index is 1190. The number of carbonyl (C=O) groups excluding carboxylic acids is 2. The summed E-state index contributed by atoms with van der Waals surface area (Å²) in [5.74, 6) is -0.527. The Hall–Kier alpha value is -4.05. The molecule has 0 aliphatic carbocycles. The lowest BCUT2D eigenvalue weighted by Gasteiger charge is -2.05. The summed E-state index contributed by atoms with van der Waals surface area (Å²) in [6, 6.07) is 19.1. The number of nitrogens with zero attached hydrogens (tertiary/aromatic N) is 3. The van der Waals surface area contributed by atoms with E-state index in [1.54, 1.807) is 10.9 Å². The van der Waals surface area contributed by atoms with Crippen molar-refractivity contribution >= 4 is 35.3 Å². The predicted molar refractivity (Wildman–Crippen MR) is 120 cm³/mol. The van der Waals surface area contributed by atoms with E-state index in [-0.39, 0.29) is 22.9 Å². The highest BCUT2D eigenvalue weighted by Crippen LogP contribution is 2.31. The van der Waals surface area contributed by atoms with E-state index >= 15 is 0 Å². The zero-order valence-corrected chi connectivity index (χ0v) is 17.3. The summed E-state index contributed by atoms with van der Waals surface area (Å²) in [6.45, 7) is 0. The number of amides is 2. The van der Waals surface area contributed by atoms with Gasteiger partial charge in [0.1, 0.15) is 5.82 Å².